The van der Waals surface area contributed by atoms with Crippen LogP contribution in [0.4, 0.5) is 0 Å². The number of rotatable bonds is 17. The Morgan fingerprint density at radius 1 is 0.742 bits per heavy atom. The van der Waals surface area contributed by atoms with E-state index in [0.717, 1.165) is 19.3 Å². The Bertz CT molecular complexity index is 638. The number of hydrogen-bond acceptors (Lipinski definition) is 4. The molecule has 0 radical (unpaired) electrons. The summed E-state index contributed by atoms with van der Waals surface area (Å²) in [5.74, 6) is -0.789. The highest BCUT2D eigenvalue weighted by Gasteiger charge is 2.17. The van der Waals surface area contributed by atoms with Crippen LogP contribution in [0.15, 0.2) is 12.1 Å². The molecule has 0 N–H and O–H groups in total. The van der Waals surface area contributed by atoms with Crippen LogP contribution in [-0.2, 0) is 9.53 Å². The van der Waals surface area contributed by atoms with Crippen LogP contribution in [0.25, 0.3) is 0 Å². The van der Waals surface area contributed by atoms with E-state index in [1.54, 1.807) is 6.92 Å². The summed E-state index contributed by atoms with van der Waals surface area (Å²) < 4.78 is 10.2. The molecule has 1 rings (SSSR count). The molecule has 176 valence electrons. The Morgan fingerprint density at radius 3 is 1.65 bits per heavy atom. The summed E-state index contributed by atoms with van der Waals surface area (Å²) in [4.78, 5) is 23.9. The number of unbranched alkanes of at least 4 members (excludes halogenated alkanes) is 12. The molecular formula is C25H38Cl2O4. The van der Waals surface area contributed by atoms with Crippen molar-refractivity contribution in [1.29, 1.82) is 0 Å². The topological polar surface area (TPSA) is 52.6 Å². The molecule has 0 saturated carbocycles. The van der Waals surface area contributed by atoms with Crippen LogP contribution in [0.3, 0.4) is 0 Å². The lowest BCUT2D eigenvalue weighted by molar-refractivity contribution is -0.134. The van der Waals surface area contributed by atoms with E-state index < -0.39 is 5.97 Å². The van der Waals surface area contributed by atoms with Gasteiger partial charge >= 0.3 is 11.9 Å². The molecular weight excluding hydrogens is 435 g/mol. The van der Waals surface area contributed by atoms with Gasteiger partial charge in [0.05, 0.1) is 22.2 Å². The maximum atomic E-state index is 12.1. The Labute approximate surface area is 198 Å². The zero-order chi connectivity index (χ0) is 22.9. The fourth-order valence-corrected chi connectivity index (χ4v) is 4.01. The lowest BCUT2D eigenvalue weighted by atomic mass is 10.0. The fourth-order valence-electron chi connectivity index (χ4n) is 3.44. The largest absolute Gasteiger partial charge is 0.462 e. The van der Waals surface area contributed by atoms with Gasteiger partial charge in [-0.1, -0.05) is 107 Å². The van der Waals surface area contributed by atoms with E-state index >= 15 is 0 Å². The van der Waals surface area contributed by atoms with Gasteiger partial charge in [-0.15, -0.1) is 0 Å². The quantitative estimate of drug-likeness (QED) is 0.129. The predicted molar refractivity (Wildman–Crippen MR) is 128 cm³/mol. The van der Waals surface area contributed by atoms with Gasteiger partial charge in [-0.2, -0.15) is 0 Å². The summed E-state index contributed by atoms with van der Waals surface area (Å²) in [5, 5.41) is 0.239. The first-order chi connectivity index (χ1) is 15.0. The van der Waals surface area contributed by atoms with E-state index in [1.807, 2.05) is 0 Å². The first kappa shape index (κ1) is 27.8. The number of carbonyl (C=O) groups is 2. The summed E-state index contributed by atoms with van der Waals surface area (Å²) in [6, 6.07) is 2.80. The SMILES string of the molecule is CCCCCCCCCCCCCCCC(=O)Oc1c(Cl)cc(C(=O)OCC)cc1Cl. The van der Waals surface area contributed by atoms with Crippen LogP contribution in [0.5, 0.6) is 5.75 Å². The molecule has 1 aromatic carbocycles. The first-order valence-electron chi connectivity index (χ1n) is 11.9. The van der Waals surface area contributed by atoms with Crippen molar-refractivity contribution in [2.24, 2.45) is 0 Å². The van der Waals surface area contributed by atoms with Crippen molar-refractivity contribution in [2.45, 2.75) is 104 Å². The molecule has 4 nitrogen and oxygen atoms in total. The van der Waals surface area contributed by atoms with Gasteiger partial charge in [-0.3, -0.25) is 4.79 Å². The molecule has 0 aliphatic heterocycles. The number of esters is 2. The third kappa shape index (κ3) is 12.4. The van der Waals surface area contributed by atoms with E-state index in [2.05, 4.69) is 6.92 Å². The number of halogens is 2. The van der Waals surface area contributed by atoms with E-state index in [4.69, 9.17) is 32.7 Å². The van der Waals surface area contributed by atoms with E-state index in [1.165, 1.54) is 76.3 Å². The number of carbonyl (C=O) groups excluding carboxylic acids is 2. The van der Waals surface area contributed by atoms with Gasteiger partial charge < -0.3 is 9.47 Å². The first-order valence-corrected chi connectivity index (χ1v) is 12.6. The van der Waals surface area contributed by atoms with Crippen molar-refractivity contribution >= 4 is 35.1 Å². The maximum absolute atomic E-state index is 12.1. The van der Waals surface area contributed by atoms with E-state index in [-0.39, 0.29) is 33.9 Å². The third-order valence-corrected chi connectivity index (χ3v) is 5.77. The van der Waals surface area contributed by atoms with Crippen LogP contribution < -0.4 is 4.74 Å². The smallest absolute Gasteiger partial charge is 0.338 e. The molecule has 0 aromatic heterocycles. The summed E-state index contributed by atoms with van der Waals surface area (Å²) in [5.41, 5.74) is 0.230. The molecule has 0 aliphatic rings. The van der Waals surface area contributed by atoms with Gasteiger partial charge in [0.1, 0.15) is 0 Å². The van der Waals surface area contributed by atoms with Gasteiger partial charge in [0.25, 0.3) is 0 Å². The van der Waals surface area contributed by atoms with Gasteiger partial charge in [-0.25, -0.2) is 4.79 Å². The minimum atomic E-state index is -0.517. The maximum Gasteiger partial charge on any atom is 0.338 e. The van der Waals surface area contributed by atoms with Gasteiger partial charge in [0.15, 0.2) is 5.75 Å². The number of hydrogen-bond donors (Lipinski definition) is 0. The van der Waals surface area contributed by atoms with Crippen LogP contribution >= 0.6 is 23.2 Å². The molecule has 0 aliphatic carbocycles. The Hall–Kier alpha value is -1.26. The zero-order valence-electron chi connectivity index (χ0n) is 19.2. The van der Waals surface area contributed by atoms with Crippen molar-refractivity contribution in [3.05, 3.63) is 27.7 Å². The number of benzene rings is 1. The second-order valence-electron chi connectivity index (χ2n) is 7.96. The van der Waals surface area contributed by atoms with Crippen molar-refractivity contribution in [1.82, 2.24) is 0 Å². The highest BCUT2D eigenvalue weighted by molar-refractivity contribution is 6.37. The van der Waals surface area contributed by atoms with Gasteiger partial charge in [-0.05, 0) is 25.5 Å². The zero-order valence-corrected chi connectivity index (χ0v) is 20.7. The second kappa shape index (κ2) is 17.3. The van der Waals surface area contributed by atoms with Crippen molar-refractivity contribution in [2.75, 3.05) is 6.61 Å². The van der Waals surface area contributed by atoms with Crippen LogP contribution in [-0.4, -0.2) is 18.5 Å². The predicted octanol–water partition coefficient (Wildman–Crippen LogP) is 8.56. The molecule has 6 heteroatoms. The summed E-state index contributed by atoms with van der Waals surface area (Å²) >= 11 is 12.3. The molecule has 0 amide bonds. The second-order valence-corrected chi connectivity index (χ2v) is 8.77. The third-order valence-electron chi connectivity index (χ3n) is 5.21. The molecule has 0 saturated heterocycles. The highest BCUT2D eigenvalue weighted by atomic mass is 35.5. The molecule has 0 fully saturated rings. The molecule has 0 spiro atoms. The van der Waals surface area contributed by atoms with E-state index in [9.17, 15) is 9.59 Å². The lowest BCUT2D eigenvalue weighted by Gasteiger charge is -2.10. The van der Waals surface area contributed by atoms with Crippen molar-refractivity contribution in [3.63, 3.8) is 0 Å². The summed E-state index contributed by atoms with van der Waals surface area (Å²) in [6.45, 7) is 4.22. The Balaban J connectivity index is 2.15. The Morgan fingerprint density at radius 2 is 1.19 bits per heavy atom. The highest BCUT2D eigenvalue weighted by Crippen LogP contribution is 2.35. The minimum absolute atomic E-state index is 0.0936. The summed E-state index contributed by atoms with van der Waals surface area (Å²) in [7, 11) is 0. The molecule has 0 atom stereocenters. The summed E-state index contributed by atoms with van der Waals surface area (Å²) in [6.07, 6.45) is 16.6. The van der Waals surface area contributed by atoms with Crippen LogP contribution in [0.1, 0.15) is 114 Å². The average Bonchev–Trinajstić information content (AvgIpc) is 2.74. The standard InChI is InChI=1S/C25H38Cl2O4/c1-3-5-6-7-8-9-10-11-12-13-14-15-16-17-23(28)31-24-21(26)18-20(19-22(24)27)25(29)30-4-2/h18-19H,3-17H2,1-2H3. The molecule has 1 aromatic rings. The fraction of sp³-hybridized carbons (Fsp3) is 0.680. The molecule has 0 unspecified atom stereocenters. The normalized spacial score (nSPS) is 10.8. The van der Waals surface area contributed by atoms with Crippen LogP contribution in [0.2, 0.25) is 10.0 Å². The van der Waals surface area contributed by atoms with Gasteiger partial charge in [0, 0.05) is 6.42 Å². The lowest BCUT2D eigenvalue weighted by Crippen LogP contribution is -2.10. The monoisotopic (exact) mass is 472 g/mol. The minimum Gasteiger partial charge on any atom is -0.462 e. The van der Waals surface area contributed by atoms with Crippen molar-refractivity contribution in [3.8, 4) is 5.75 Å². The molecule has 0 heterocycles. The number of ether oxygens (including phenoxy) is 2. The molecule has 0 bridgehead atoms. The van der Waals surface area contributed by atoms with Crippen molar-refractivity contribution < 1.29 is 19.1 Å². The van der Waals surface area contributed by atoms with Crippen LogP contribution in [0, 0.1) is 0 Å². The van der Waals surface area contributed by atoms with Gasteiger partial charge in [0.2, 0.25) is 0 Å². The Kier molecular flexibility index (Phi) is 15.5. The average molecular weight is 473 g/mol. The van der Waals surface area contributed by atoms with E-state index in [0.29, 0.717) is 6.42 Å². The molecule has 31 heavy (non-hydrogen) atoms.